The van der Waals surface area contributed by atoms with Gasteiger partial charge < -0.3 is 20.3 Å². The zero-order valence-electron chi connectivity index (χ0n) is 61.7. The Kier molecular flexibility index (Phi) is 78.8. The van der Waals surface area contributed by atoms with Gasteiger partial charge in [-0.2, -0.15) is 0 Å². The third-order valence-electron chi connectivity index (χ3n) is 20.1. The van der Waals surface area contributed by atoms with E-state index in [-0.39, 0.29) is 18.5 Å². The largest absolute Gasteiger partial charge is 0.466 e. The van der Waals surface area contributed by atoms with Crippen molar-refractivity contribution in [1.29, 1.82) is 0 Å². The third kappa shape index (κ3) is 75.6. The van der Waals surface area contributed by atoms with Gasteiger partial charge in [0.2, 0.25) is 5.91 Å². The van der Waals surface area contributed by atoms with Crippen molar-refractivity contribution in [3.05, 3.63) is 12.2 Å². The fourth-order valence-electron chi connectivity index (χ4n) is 13.7. The van der Waals surface area contributed by atoms with Gasteiger partial charge >= 0.3 is 5.97 Å². The van der Waals surface area contributed by atoms with Crippen LogP contribution in [0.3, 0.4) is 0 Å². The molecule has 6 heteroatoms. The molecule has 0 saturated heterocycles. The lowest BCUT2D eigenvalue weighted by Gasteiger charge is -2.20. The van der Waals surface area contributed by atoms with Gasteiger partial charge in [-0.25, -0.2) is 0 Å². The van der Waals surface area contributed by atoms with Crippen molar-refractivity contribution < 1.29 is 24.5 Å². The molecule has 0 aromatic rings. The van der Waals surface area contributed by atoms with Crippen LogP contribution in [0.1, 0.15) is 489 Å². The Balaban J connectivity index is 3.34. The number of esters is 1. The molecule has 0 radical (unpaired) electrons. The van der Waals surface area contributed by atoms with E-state index in [1.807, 2.05) is 6.08 Å². The molecule has 90 heavy (non-hydrogen) atoms. The fourth-order valence-corrected chi connectivity index (χ4v) is 13.7. The van der Waals surface area contributed by atoms with Gasteiger partial charge in [0.1, 0.15) is 0 Å². The van der Waals surface area contributed by atoms with Crippen LogP contribution in [0.5, 0.6) is 0 Å². The van der Waals surface area contributed by atoms with Gasteiger partial charge in [-0.05, 0) is 32.1 Å². The molecule has 3 N–H and O–H groups in total. The summed E-state index contributed by atoms with van der Waals surface area (Å²) in [5.41, 5.74) is 0. The third-order valence-corrected chi connectivity index (χ3v) is 20.1. The second-order valence-electron chi connectivity index (χ2n) is 29.2. The molecule has 1 amide bonds. The molecule has 6 nitrogen and oxygen atoms in total. The topological polar surface area (TPSA) is 95.9 Å². The Bertz CT molecular complexity index is 1370. The van der Waals surface area contributed by atoms with Crippen molar-refractivity contribution in [1.82, 2.24) is 5.32 Å². The second kappa shape index (κ2) is 80.0. The maximum Gasteiger partial charge on any atom is 0.305 e. The van der Waals surface area contributed by atoms with Crippen LogP contribution >= 0.6 is 0 Å². The van der Waals surface area contributed by atoms with Crippen LogP contribution in [-0.4, -0.2) is 47.4 Å². The molecule has 0 fully saturated rings. The molecule has 0 aliphatic heterocycles. The van der Waals surface area contributed by atoms with E-state index in [1.54, 1.807) is 6.08 Å². The van der Waals surface area contributed by atoms with E-state index in [2.05, 4.69) is 19.2 Å². The minimum Gasteiger partial charge on any atom is -0.466 e. The average molecular weight is 1270 g/mol. The van der Waals surface area contributed by atoms with Crippen molar-refractivity contribution in [2.75, 3.05) is 13.2 Å². The molecule has 0 spiro atoms. The Morgan fingerprint density at radius 3 is 0.756 bits per heavy atom. The summed E-state index contributed by atoms with van der Waals surface area (Å²) in [6.45, 7) is 4.97. The van der Waals surface area contributed by atoms with E-state index in [0.717, 1.165) is 38.5 Å². The smallest absolute Gasteiger partial charge is 0.305 e. The zero-order valence-corrected chi connectivity index (χ0v) is 61.7. The Labute approximate surface area is 565 Å². The number of hydrogen-bond donors (Lipinski definition) is 3. The zero-order chi connectivity index (χ0) is 64.9. The minimum absolute atomic E-state index is 0.0259. The first kappa shape index (κ1) is 88.6. The first-order chi connectivity index (χ1) is 44.5. The number of nitrogens with one attached hydrogen (secondary N) is 1. The maximum atomic E-state index is 12.6. The predicted octanol–water partition coefficient (Wildman–Crippen LogP) is 27.8. The predicted molar refractivity (Wildman–Crippen MR) is 398 cm³/mol. The molecule has 0 bridgehead atoms. The Morgan fingerprint density at radius 1 is 0.300 bits per heavy atom. The fraction of sp³-hybridized carbons (Fsp3) is 0.952. The van der Waals surface area contributed by atoms with Gasteiger partial charge in [-0.3, -0.25) is 9.59 Å². The average Bonchev–Trinajstić information content (AvgIpc) is 3.67. The van der Waals surface area contributed by atoms with Gasteiger partial charge in [-0.1, -0.05) is 456 Å². The van der Waals surface area contributed by atoms with Crippen molar-refractivity contribution in [3.8, 4) is 0 Å². The molecule has 0 aliphatic rings. The summed E-state index contributed by atoms with van der Waals surface area (Å²) in [5.74, 6) is -0.0314. The maximum absolute atomic E-state index is 12.6. The van der Waals surface area contributed by atoms with Gasteiger partial charge in [0.05, 0.1) is 25.4 Å². The van der Waals surface area contributed by atoms with E-state index in [4.69, 9.17) is 4.74 Å². The Morgan fingerprint density at radius 2 is 0.511 bits per heavy atom. The van der Waals surface area contributed by atoms with E-state index in [0.29, 0.717) is 19.4 Å². The molecule has 0 aromatic carbocycles. The molecule has 536 valence electrons. The van der Waals surface area contributed by atoms with Crippen LogP contribution in [0.4, 0.5) is 0 Å². The molecular weight excluding hydrogens is 1100 g/mol. The van der Waals surface area contributed by atoms with Crippen LogP contribution in [0, 0.1) is 0 Å². The number of hydrogen-bond acceptors (Lipinski definition) is 5. The van der Waals surface area contributed by atoms with Crippen molar-refractivity contribution in [3.63, 3.8) is 0 Å². The molecule has 0 rings (SSSR count). The van der Waals surface area contributed by atoms with Gasteiger partial charge in [0.15, 0.2) is 0 Å². The molecular formula is C84H165NO5. The van der Waals surface area contributed by atoms with Gasteiger partial charge in [-0.15, -0.1) is 0 Å². The van der Waals surface area contributed by atoms with Crippen LogP contribution in [0.15, 0.2) is 12.2 Å². The van der Waals surface area contributed by atoms with E-state index in [9.17, 15) is 19.8 Å². The highest BCUT2D eigenvalue weighted by molar-refractivity contribution is 5.76. The quantitative estimate of drug-likeness (QED) is 0.0320. The van der Waals surface area contributed by atoms with Crippen molar-refractivity contribution in [2.24, 2.45) is 0 Å². The molecule has 0 saturated carbocycles. The van der Waals surface area contributed by atoms with Crippen molar-refractivity contribution >= 4 is 11.9 Å². The highest BCUT2D eigenvalue weighted by atomic mass is 16.5. The number of rotatable bonds is 80. The summed E-state index contributed by atoms with van der Waals surface area (Å²) in [7, 11) is 0. The number of aliphatic hydroxyl groups excluding tert-OH is 2. The molecule has 2 atom stereocenters. The SMILES string of the molecule is CCCCCCCCCCCCCCCCCCCCCCCCC/C=C/C(O)C(CO)NC(=O)CCCCCCCCCCCCCCCCCCCCCCCCCCCCCCCCCCOC(=O)CCCCCCCCCCCCCCCCCC. The van der Waals surface area contributed by atoms with Crippen molar-refractivity contribution in [2.45, 2.75) is 501 Å². The number of aliphatic hydroxyl groups is 2. The van der Waals surface area contributed by atoms with Crippen LogP contribution in [-0.2, 0) is 14.3 Å². The Hall–Kier alpha value is -1.40. The second-order valence-corrected chi connectivity index (χ2v) is 29.2. The standard InChI is InChI=1S/C84H165NO5/c1-3-5-7-9-11-13-15-17-19-21-22-23-24-33-36-39-42-45-48-52-56-60-64-68-72-76-82(87)81(80-86)85-83(88)77-73-69-65-61-57-53-49-46-43-40-37-34-31-29-27-25-26-28-30-32-35-38-41-44-47-51-55-59-63-67-71-75-79-90-84(89)78-74-70-66-62-58-54-50-20-18-16-14-12-10-8-6-4-2/h72,76,81-82,86-87H,3-71,73-75,77-80H2,1-2H3,(H,85,88)/b76-72+. The molecule has 0 heterocycles. The lowest BCUT2D eigenvalue weighted by Crippen LogP contribution is -2.45. The van der Waals surface area contributed by atoms with Gasteiger partial charge in [0, 0.05) is 12.8 Å². The number of carbonyl (C=O) groups excluding carboxylic acids is 2. The highest BCUT2D eigenvalue weighted by Crippen LogP contribution is 2.21. The van der Waals surface area contributed by atoms with E-state index < -0.39 is 12.1 Å². The molecule has 0 aliphatic carbocycles. The molecule has 0 aromatic heterocycles. The number of unbranched alkanes of at least 4 members (excludes halogenated alkanes) is 69. The van der Waals surface area contributed by atoms with Crippen LogP contribution < -0.4 is 5.32 Å². The van der Waals surface area contributed by atoms with E-state index >= 15 is 0 Å². The van der Waals surface area contributed by atoms with Gasteiger partial charge in [0.25, 0.3) is 0 Å². The normalized spacial score (nSPS) is 12.4. The lowest BCUT2D eigenvalue weighted by molar-refractivity contribution is -0.143. The lowest BCUT2D eigenvalue weighted by atomic mass is 10.0. The summed E-state index contributed by atoms with van der Waals surface area (Å²) in [5, 5.41) is 23.3. The summed E-state index contributed by atoms with van der Waals surface area (Å²) >= 11 is 0. The molecule has 2 unspecified atom stereocenters. The van der Waals surface area contributed by atoms with Crippen LogP contribution in [0.2, 0.25) is 0 Å². The number of ether oxygens (including phenoxy) is 1. The number of allylic oxidation sites excluding steroid dienone is 1. The summed E-state index contributed by atoms with van der Waals surface area (Å²) < 4.78 is 5.51. The number of carbonyl (C=O) groups is 2. The number of amides is 1. The highest BCUT2D eigenvalue weighted by Gasteiger charge is 2.18. The summed E-state index contributed by atoms with van der Waals surface area (Å²) in [6, 6.07) is -0.625. The minimum atomic E-state index is -0.842. The monoisotopic (exact) mass is 1270 g/mol. The summed E-state index contributed by atoms with van der Waals surface area (Å²) in [4.78, 5) is 24.7. The summed E-state index contributed by atoms with van der Waals surface area (Å²) in [6.07, 6.45) is 102. The first-order valence-corrected chi connectivity index (χ1v) is 42.0. The van der Waals surface area contributed by atoms with Crippen LogP contribution in [0.25, 0.3) is 0 Å². The van der Waals surface area contributed by atoms with E-state index in [1.165, 1.54) is 424 Å². The first-order valence-electron chi connectivity index (χ1n) is 42.0.